The van der Waals surface area contributed by atoms with Crippen molar-refractivity contribution in [3.63, 3.8) is 0 Å². The van der Waals surface area contributed by atoms with Crippen molar-refractivity contribution in [3.8, 4) is 0 Å². The Balaban J connectivity index is 1.97. The highest BCUT2D eigenvalue weighted by molar-refractivity contribution is 9.10. The number of alkyl halides is 2. The summed E-state index contributed by atoms with van der Waals surface area (Å²) in [5.41, 5.74) is -4.10. The van der Waals surface area contributed by atoms with E-state index in [2.05, 4.69) is 20.9 Å². The Labute approximate surface area is 150 Å². The van der Waals surface area contributed by atoms with Crippen LogP contribution in [-0.2, 0) is 23.7 Å². The highest BCUT2D eigenvalue weighted by atomic mass is 79.9. The van der Waals surface area contributed by atoms with Gasteiger partial charge in [0.2, 0.25) is 0 Å². The molecular weight excluding hydrogens is 425 g/mol. The van der Waals surface area contributed by atoms with Gasteiger partial charge in [0.15, 0.2) is 5.16 Å². The molecule has 0 aliphatic rings. The summed E-state index contributed by atoms with van der Waals surface area (Å²) >= 11 is 4.59. The van der Waals surface area contributed by atoms with E-state index in [1.54, 1.807) is 18.0 Å². The second kappa shape index (κ2) is 7.66. The Morgan fingerprint density at radius 3 is 2.67 bits per heavy atom. The van der Waals surface area contributed by atoms with Gasteiger partial charge in [0.05, 0.1) is 0 Å². The monoisotopic (exact) mass is 440 g/mol. The largest absolute Gasteiger partial charge is 0.399 e. The Kier molecular flexibility index (Phi) is 6.25. The fourth-order valence-corrected chi connectivity index (χ4v) is 4.25. The maximum Gasteiger partial charge on any atom is 0.399 e. The molecule has 0 unspecified atom stereocenters. The highest BCUT2D eigenvalue weighted by Gasteiger charge is 2.51. The van der Waals surface area contributed by atoms with Crippen LogP contribution in [-0.4, -0.2) is 25.1 Å². The molecule has 0 spiro atoms. The molecule has 2 N–H and O–H groups in total. The van der Waals surface area contributed by atoms with Gasteiger partial charge in [0, 0.05) is 35.2 Å². The first-order chi connectivity index (χ1) is 11.1. The summed E-state index contributed by atoms with van der Waals surface area (Å²) in [5.74, 6) is 0.822. The second-order valence-corrected chi connectivity index (χ2v) is 8.74. The van der Waals surface area contributed by atoms with Crippen LogP contribution in [0.3, 0.4) is 0 Å². The molecular formula is C14H16BrF2N2O3PS. The molecule has 0 saturated heterocycles. The number of hydrogen-bond acceptors (Lipinski definition) is 3. The fraction of sp³-hybridized carbons (Fsp3) is 0.357. The van der Waals surface area contributed by atoms with E-state index in [1.807, 2.05) is 17.8 Å². The highest BCUT2D eigenvalue weighted by Crippen LogP contribution is 2.60. The molecule has 1 aromatic heterocycles. The van der Waals surface area contributed by atoms with Crippen LogP contribution in [0.25, 0.3) is 0 Å². The Morgan fingerprint density at radius 2 is 2.12 bits per heavy atom. The van der Waals surface area contributed by atoms with Crippen molar-refractivity contribution in [1.29, 1.82) is 0 Å². The number of aryl methyl sites for hydroxylation is 2. The Hall–Kier alpha value is -0.730. The molecule has 5 nitrogen and oxygen atoms in total. The molecule has 1 heterocycles. The van der Waals surface area contributed by atoms with Crippen molar-refractivity contribution in [3.05, 3.63) is 46.2 Å². The first-order valence-electron chi connectivity index (χ1n) is 6.95. The molecule has 1 aromatic carbocycles. The van der Waals surface area contributed by atoms with Crippen molar-refractivity contribution in [1.82, 2.24) is 9.55 Å². The van der Waals surface area contributed by atoms with Gasteiger partial charge in [0.1, 0.15) is 0 Å². The number of benzene rings is 1. The molecule has 0 saturated carbocycles. The van der Waals surface area contributed by atoms with Crippen molar-refractivity contribution in [2.45, 2.75) is 23.7 Å². The number of hydrogen-bond donors (Lipinski definition) is 2. The molecule has 24 heavy (non-hydrogen) atoms. The van der Waals surface area contributed by atoms with Crippen LogP contribution in [0.15, 0.2) is 40.2 Å². The zero-order chi connectivity index (χ0) is 18.0. The summed E-state index contributed by atoms with van der Waals surface area (Å²) in [4.78, 5) is 21.8. The molecule has 10 heteroatoms. The van der Waals surface area contributed by atoms with Gasteiger partial charge >= 0.3 is 13.3 Å². The van der Waals surface area contributed by atoms with Crippen molar-refractivity contribution >= 4 is 35.3 Å². The van der Waals surface area contributed by atoms with Crippen LogP contribution in [0.5, 0.6) is 0 Å². The van der Waals surface area contributed by atoms with Crippen LogP contribution in [0.2, 0.25) is 0 Å². The standard InChI is InChI=1S/C14H16BrF2N2O3PS/c1-19-7-6-18-13(19)24-8-2-3-10-4-5-11(12(15)9-10)14(16,17)23(20,21)22/h4-7,9H,2-3,8H2,1H3,(H2,20,21,22). The van der Waals surface area contributed by atoms with Gasteiger partial charge in [0.25, 0.3) is 0 Å². The third kappa shape index (κ3) is 4.46. The quantitative estimate of drug-likeness (QED) is 0.384. The summed E-state index contributed by atoms with van der Waals surface area (Å²) in [6, 6.07) is 4.00. The van der Waals surface area contributed by atoms with E-state index < -0.39 is 18.8 Å². The molecule has 0 atom stereocenters. The zero-order valence-electron chi connectivity index (χ0n) is 12.7. The van der Waals surface area contributed by atoms with Crippen LogP contribution in [0.4, 0.5) is 8.78 Å². The van der Waals surface area contributed by atoms with E-state index in [4.69, 9.17) is 9.79 Å². The van der Waals surface area contributed by atoms with Gasteiger partial charge in [-0.3, -0.25) is 4.57 Å². The minimum Gasteiger partial charge on any atom is -0.329 e. The number of imidazole rings is 1. The summed E-state index contributed by atoms with van der Waals surface area (Å²) in [6.07, 6.45) is 5.06. The molecule has 2 aromatic rings. The number of thioether (sulfide) groups is 1. The van der Waals surface area contributed by atoms with E-state index in [-0.39, 0.29) is 4.47 Å². The van der Waals surface area contributed by atoms with Gasteiger partial charge in [-0.2, -0.15) is 8.78 Å². The van der Waals surface area contributed by atoms with E-state index in [1.165, 1.54) is 12.1 Å². The average Bonchev–Trinajstić information content (AvgIpc) is 2.87. The smallest absolute Gasteiger partial charge is 0.329 e. The van der Waals surface area contributed by atoms with Gasteiger partial charge in [-0.05, 0) is 24.5 Å². The van der Waals surface area contributed by atoms with Crippen molar-refractivity contribution < 1.29 is 23.1 Å². The Morgan fingerprint density at radius 1 is 1.42 bits per heavy atom. The Bertz CT molecular complexity index is 766. The SMILES string of the molecule is Cn1ccnc1SCCCc1ccc(C(F)(F)P(=O)(O)O)c(Br)c1. The first kappa shape index (κ1) is 19.6. The minimum absolute atomic E-state index is 0.00919. The van der Waals surface area contributed by atoms with Gasteiger partial charge in [-0.15, -0.1) is 0 Å². The lowest BCUT2D eigenvalue weighted by atomic mass is 10.1. The molecule has 2 rings (SSSR count). The number of nitrogens with zero attached hydrogens (tertiary/aromatic N) is 2. The maximum absolute atomic E-state index is 13.8. The number of halogens is 3. The molecule has 0 amide bonds. The number of rotatable bonds is 7. The van der Waals surface area contributed by atoms with E-state index >= 15 is 0 Å². The average molecular weight is 441 g/mol. The minimum atomic E-state index is -5.57. The van der Waals surface area contributed by atoms with Gasteiger partial charge < -0.3 is 14.4 Å². The molecule has 0 aliphatic heterocycles. The first-order valence-corrected chi connectivity index (χ1v) is 10.3. The second-order valence-electron chi connectivity index (χ2n) is 5.17. The fourth-order valence-electron chi connectivity index (χ4n) is 2.05. The van der Waals surface area contributed by atoms with Gasteiger partial charge in [-0.1, -0.05) is 39.8 Å². The predicted octanol–water partition coefficient (Wildman–Crippen LogP) is 4.13. The van der Waals surface area contributed by atoms with Crippen LogP contribution >= 0.6 is 35.3 Å². The summed E-state index contributed by atoms with van der Waals surface area (Å²) < 4.78 is 40.4. The van der Waals surface area contributed by atoms with Gasteiger partial charge in [-0.25, -0.2) is 4.98 Å². The summed E-state index contributed by atoms with van der Waals surface area (Å²) in [7, 11) is -3.66. The van der Waals surface area contributed by atoms with Crippen LogP contribution < -0.4 is 0 Å². The van der Waals surface area contributed by atoms with E-state index in [0.29, 0.717) is 6.42 Å². The zero-order valence-corrected chi connectivity index (χ0v) is 16.0. The van der Waals surface area contributed by atoms with Crippen LogP contribution in [0.1, 0.15) is 17.5 Å². The molecule has 0 radical (unpaired) electrons. The lowest BCUT2D eigenvalue weighted by Gasteiger charge is -2.19. The normalized spacial score (nSPS) is 12.6. The lowest BCUT2D eigenvalue weighted by Crippen LogP contribution is -2.14. The van der Waals surface area contributed by atoms with Crippen molar-refractivity contribution in [2.24, 2.45) is 7.05 Å². The molecule has 0 bridgehead atoms. The lowest BCUT2D eigenvalue weighted by molar-refractivity contribution is 0.0557. The van der Waals surface area contributed by atoms with E-state index in [0.717, 1.165) is 29.0 Å². The number of aromatic nitrogens is 2. The van der Waals surface area contributed by atoms with Crippen LogP contribution in [0, 0.1) is 0 Å². The molecule has 132 valence electrons. The molecule has 0 aliphatic carbocycles. The van der Waals surface area contributed by atoms with Crippen molar-refractivity contribution in [2.75, 3.05) is 5.75 Å². The summed E-state index contributed by atoms with van der Waals surface area (Å²) in [5, 5.41) is 0.910. The predicted molar refractivity (Wildman–Crippen MR) is 92.3 cm³/mol. The summed E-state index contributed by atoms with van der Waals surface area (Å²) in [6.45, 7) is 0. The van der Waals surface area contributed by atoms with E-state index in [9.17, 15) is 13.3 Å². The maximum atomic E-state index is 13.8. The third-order valence-corrected chi connectivity index (χ3v) is 6.11. The molecule has 0 fully saturated rings. The topological polar surface area (TPSA) is 75.4 Å². The third-order valence-electron chi connectivity index (χ3n) is 3.34.